The van der Waals surface area contributed by atoms with Crippen LogP contribution in [0.25, 0.3) is 0 Å². The van der Waals surface area contributed by atoms with Gasteiger partial charge in [-0.3, -0.25) is 13.4 Å². The Balaban J connectivity index is 1.99. The molecule has 0 aromatic heterocycles. The molecule has 0 fully saturated rings. The van der Waals surface area contributed by atoms with Gasteiger partial charge in [0.25, 0.3) is 0 Å². The van der Waals surface area contributed by atoms with Gasteiger partial charge in [0.15, 0.2) is 5.78 Å². The minimum absolute atomic E-state index is 0.0546. The van der Waals surface area contributed by atoms with Gasteiger partial charge in [-0.1, -0.05) is 0 Å². The maximum absolute atomic E-state index is 12.4. The van der Waals surface area contributed by atoms with E-state index in [1.807, 2.05) is 6.07 Å². The molecular formula is C15H19ClN2O3S. The van der Waals surface area contributed by atoms with Crippen LogP contribution in [-0.2, 0) is 16.6 Å². The van der Waals surface area contributed by atoms with Crippen molar-refractivity contribution in [2.75, 3.05) is 28.1 Å². The molecule has 1 aromatic carbocycles. The first kappa shape index (κ1) is 15.6. The number of hydrogen-bond acceptors (Lipinski definition) is 3. The Kier molecular flexibility index (Phi) is 4.07. The van der Waals surface area contributed by atoms with Crippen molar-refractivity contribution in [3.05, 3.63) is 23.3 Å². The molecule has 1 aromatic rings. The fourth-order valence-corrected chi connectivity index (χ4v) is 4.78. The largest absolute Gasteiger partial charge is 0.326 e. The normalized spacial score (nSPS) is 18.5. The molecule has 3 rings (SSSR count). The number of carbonyl (C=O) groups excluding carboxylic acids is 1. The summed E-state index contributed by atoms with van der Waals surface area (Å²) in [6.45, 7) is 0.510. The highest BCUT2D eigenvalue weighted by Crippen LogP contribution is 2.45. The van der Waals surface area contributed by atoms with E-state index in [2.05, 4.69) is 0 Å². The number of hydrogen-bond donors (Lipinski definition) is 0. The molecule has 120 valence electrons. The third kappa shape index (κ3) is 2.38. The summed E-state index contributed by atoms with van der Waals surface area (Å²) in [5.41, 5.74) is 2.94. The number of rotatable bonds is 5. The van der Waals surface area contributed by atoms with E-state index < -0.39 is 10.2 Å². The molecule has 0 spiro atoms. The number of carbonyl (C=O) groups is 1. The zero-order chi connectivity index (χ0) is 15.9. The van der Waals surface area contributed by atoms with E-state index in [9.17, 15) is 13.2 Å². The summed E-state index contributed by atoms with van der Waals surface area (Å²) in [4.78, 5) is 12.3. The molecular weight excluding hydrogens is 324 g/mol. The lowest BCUT2D eigenvalue weighted by Gasteiger charge is -2.24. The van der Waals surface area contributed by atoms with Crippen molar-refractivity contribution in [3.63, 3.8) is 0 Å². The lowest BCUT2D eigenvalue weighted by molar-refractivity contribution is 0.0980. The fourth-order valence-electron chi connectivity index (χ4n) is 3.11. The minimum atomic E-state index is -3.47. The Hall–Kier alpha value is -1.27. The van der Waals surface area contributed by atoms with E-state index in [4.69, 9.17) is 11.6 Å². The molecule has 0 aliphatic carbocycles. The molecule has 0 bridgehead atoms. The fraction of sp³-hybridized carbons (Fsp3) is 0.533. The standard InChI is InChI=1S/C15H19ClN2O3S/c1-17-13-10-12(14(19)6-2-3-7-16)9-11-5-4-8-18(15(11)13)22(17,20)21/h9-10H,2-8H2,1H3. The van der Waals surface area contributed by atoms with E-state index >= 15 is 0 Å². The number of alkyl halides is 1. The topological polar surface area (TPSA) is 57.7 Å². The molecule has 0 radical (unpaired) electrons. The highest BCUT2D eigenvalue weighted by Gasteiger charge is 2.41. The average Bonchev–Trinajstić information content (AvgIpc) is 2.70. The van der Waals surface area contributed by atoms with Crippen molar-refractivity contribution in [2.45, 2.75) is 32.1 Å². The van der Waals surface area contributed by atoms with E-state index in [1.165, 1.54) is 8.61 Å². The van der Waals surface area contributed by atoms with Crippen LogP contribution in [-0.4, -0.2) is 33.7 Å². The van der Waals surface area contributed by atoms with E-state index in [-0.39, 0.29) is 5.78 Å². The van der Waals surface area contributed by atoms with Crippen molar-refractivity contribution in [1.29, 1.82) is 0 Å². The van der Waals surface area contributed by atoms with E-state index in [0.29, 0.717) is 30.1 Å². The third-order valence-corrected chi connectivity index (χ3v) is 6.38. The molecule has 2 aliphatic rings. The van der Waals surface area contributed by atoms with Crippen molar-refractivity contribution < 1.29 is 13.2 Å². The van der Waals surface area contributed by atoms with Gasteiger partial charge in [-0.15, -0.1) is 11.6 Å². The smallest absolute Gasteiger partial charge is 0.294 e. The molecule has 2 aliphatic heterocycles. The Bertz CT molecular complexity index is 718. The first-order valence-corrected chi connectivity index (χ1v) is 9.42. The highest BCUT2D eigenvalue weighted by molar-refractivity contribution is 7.94. The van der Waals surface area contributed by atoms with E-state index in [1.54, 1.807) is 13.1 Å². The average molecular weight is 343 g/mol. The van der Waals surface area contributed by atoms with Crippen molar-refractivity contribution >= 4 is 39.0 Å². The monoisotopic (exact) mass is 342 g/mol. The van der Waals surface area contributed by atoms with Crippen LogP contribution in [0.15, 0.2) is 12.1 Å². The highest BCUT2D eigenvalue weighted by atomic mass is 35.5. The van der Waals surface area contributed by atoms with Gasteiger partial charge in [-0.25, -0.2) is 0 Å². The Morgan fingerprint density at radius 2 is 2.09 bits per heavy atom. The number of aryl methyl sites for hydroxylation is 1. The first-order chi connectivity index (χ1) is 10.5. The predicted octanol–water partition coefficient (Wildman–Crippen LogP) is 2.73. The van der Waals surface area contributed by atoms with Crippen molar-refractivity contribution in [2.24, 2.45) is 0 Å². The molecule has 0 unspecified atom stereocenters. The summed E-state index contributed by atoms with van der Waals surface area (Å²) in [7, 11) is -1.93. The van der Waals surface area contributed by atoms with Gasteiger partial charge in [-0.05, 0) is 43.4 Å². The number of nitrogens with zero attached hydrogens (tertiary/aromatic N) is 2. The van der Waals surface area contributed by atoms with Crippen LogP contribution in [0, 0.1) is 0 Å². The van der Waals surface area contributed by atoms with Crippen LogP contribution in [0.1, 0.15) is 41.6 Å². The molecule has 7 heteroatoms. The number of halogens is 1. The minimum Gasteiger partial charge on any atom is -0.294 e. The third-order valence-electron chi connectivity index (χ3n) is 4.30. The summed E-state index contributed by atoms with van der Waals surface area (Å²) in [5.74, 6) is 0.609. The number of benzene rings is 1. The number of Topliss-reactive ketones (excluding diaryl/α,β-unsaturated/α-hetero) is 1. The van der Waals surface area contributed by atoms with Gasteiger partial charge >= 0.3 is 10.2 Å². The summed E-state index contributed by atoms with van der Waals surface area (Å²) in [6.07, 6.45) is 3.61. The molecule has 0 atom stereocenters. The van der Waals surface area contributed by atoms with Gasteiger partial charge in [0.2, 0.25) is 0 Å². The van der Waals surface area contributed by atoms with Gasteiger partial charge < -0.3 is 0 Å². The van der Waals surface area contributed by atoms with Gasteiger partial charge in [0, 0.05) is 31.5 Å². The quantitative estimate of drug-likeness (QED) is 0.469. The van der Waals surface area contributed by atoms with Crippen LogP contribution in [0.5, 0.6) is 0 Å². The summed E-state index contributed by atoms with van der Waals surface area (Å²) in [5, 5.41) is 0. The van der Waals surface area contributed by atoms with Crippen molar-refractivity contribution in [1.82, 2.24) is 0 Å². The Morgan fingerprint density at radius 3 is 2.82 bits per heavy atom. The van der Waals surface area contributed by atoms with Gasteiger partial charge in [-0.2, -0.15) is 8.42 Å². The van der Waals surface area contributed by atoms with Crippen LogP contribution in [0.2, 0.25) is 0 Å². The SMILES string of the molecule is CN1c2cc(C(=O)CCCCCl)cc3c2N(CCC3)S1(=O)=O. The van der Waals surface area contributed by atoms with Crippen LogP contribution in [0.3, 0.4) is 0 Å². The Labute approximate surface area is 136 Å². The maximum atomic E-state index is 12.4. The van der Waals surface area contributed by atoms with Crippen molar-refractivity contribution in [3.8, 4) is 0 Å². The second kappa shape index (κ2) is 5.74. The van der Waals surface area contributed by atoms with Crippen LogP contribution < -0.4 is 8.61 Å². The molecule has 0 amide bonds. The lowest BCUT2D eigenvalue weighted by Crippen LogP contribution is -2.37. The van der Waals surface area contributed by atoms with Gasteiger partial charge in [0.1, 0.15) is 0 Å². The second-order valence-corrected chi connectivity index (χ2v) is 7.99. The second-order valence-electron chi connectivity index (χ2n) is 5.72. The number of ketones is 1. The van der Waals surface area contributed by atoms with Gasteiger partial charge in [0.05, 0.1) is 11.4 Å². The number of unbranched alkanes of at least 4 members (excludes halogenated alkanes) is 1. The van der Waals surface area contributed by atoms with Crippen LogP contribution >= 0.6 is 11.6 Å². The number of anilines is 2. The summed E-state index contributed by atoms with van der Waals surface area (Å²) < 4.78 is 27.6. The molecule has 0 saturated carbocycles. The lowest BCUT2D eigenvalue weighted by atomic mass is 9.96. The molecule has 2 heterocycles. The zero-order valence-corrected chi connectivity index (χ0v) is 14.1. The zero-order valence-electron chi connectivity index (χ0n) is 12.5. The summed E-state index contributed by atoms with van der Waals surface area (Å²) in [6, 6.07) is 3.58. The first-order valence-electron chi connectivity index (χ1n) is 7.49. The Morgan fingerprint density at radius 1 is 1.32 bits per heavy atom. The van der Waals surface area contributed by atoms with E-state index in [0.717, 1.165) is 36.9 Å². The molecule has 0 N–H and O–H groups in total. The molecule has 22 heavy (non-hydrogen) atoms. The molecule has 5 nitrogen and oxygen atoms in total. The maximum Gasteiger partial charge on any atom is 0.326 e. The van der Waals surface area contributed by atoms with Crippen LogP contribution in [0.4, 0.5) is 11.4 Å². The molecule has 0 saturated heterocycles. The summed E-state index contributed by atoms with van der Waals surface area (Å²) >= 11 is 5.64. The predicted molar refractivity (Wildman–Crippen MR) is 88.3 cm³/mol.